The molecule has 28 heavy (non-hydrogen) atoms. The fourth-order valence-corrected chi connectivity index (χ4v) is 3.60. The van der Waals surface area contributed by atoms with Gasteiger partial charge >= 0.3 is 0 Å². The highest BCUT2D eigenvalue weighted by Crippen LogP contribution is 2.25. The molecule has 8 heteroatoms. The fourth-order valence-electron chi connectivity index (χ4n) is 3.40. The molecule has 152 valence electrons. The molecule has 2 aromatic carbocycles. The van der Waals surface area contributed by atoms with Crippen molar-refractivity contribution in [1.29, 1.82) is 0 Å². The van der Waals surface area contributed by atoms with Crippen LogP contribution in [0.1, 0.15) is 11.1 Å². The highest BCUT2D eigenvalue weighted by atomic mass is 35.5. The standard InChI is InChI=1S/C20H22ClF2N3O.ClH/c1-13-9-15(22)4-6-18(13)26-8-7-24-11-19(26)20(27)25(2)12-14-3-5-17(23)16(21)10-14;/h3-6,9-10,19,24H,7-8,11-12H2,1-2H3;1H. The van der Waals surface area contributed by atoms with E-state index in [0.717, 1.165) is 23.4 Å². The van der Waals surface area contributed by atoms with Gasteiger partial charge in [0.2, 0.25) is 5.91 Å². The molecule has 0 bridgehead atoms. The molecule has 1 N–H and O–H groups in total. The molecular formula is C20H23Cl2F2N3O. The second-order valence-corrected chi connectivity index (χ2v) is 7.19. The molecule has 1 aliphatic rings. The number of rotatable bonds is 4. The van der Waals surface area contributed by atoms with Crippen molar-refractivity contribution in [3.05, 3.63) is 64.2 Å². The third-order valence-corrected chi connectivity index (χ3v) is 5.07. The van der Waals surface area contributed by atoms with Crippen molar-refractivity contribution >= 4 is 35.6 Å². The van der Waals surface area contributed by atoms with Crippen LogP contribution in [0.15, 0.2) is 36.4 Å². The third kappa shape index (κ3) is 4.93. The number of hydrogen-bond acceptors (Lipinski definition) is 3. The van der Waals surface area contributed by atoms with Gasteiger partial charge in [0.05, 0.1) is 5.02 Å². The number of piperazine rings is 1. The fraction of sp³-hybridized carbons (Fsp3) is 0.350. The van der Waals surface area contributed by atoms with Crippen LogP contribution in [0.3, 0.4) is 0 Å². The zero-order chi connectivity index (χ0) is 19.6. The number of benzene rings is 2. The van der Waals surface area contributed by atoms with Crippen LogP contribution in [0.2, 0.25) is 5.02 Å². The Balaban J connectivity index is 0.00000280. The van der Waals surface area contributed by atoms with Crippen LogP contribution in [0.25, 0.3) is 0 Å². The van der Waals surface area contributed by atoms with Crippen molar-refractivity contribution in [3.63, 3.8) is 0 Å². The van der Waals surface area contributed by atoms with Gasteiger partial charge in [0.25, 0.3) is 0 Å². The first-order chi connectivity index (χ1) is 12.9. The first-order valence-electron chi connectivity index (χ1n) is 8.79. The van der Waals surface area contributed by atoms with E-state index in [1.54, 1.807) is 24.1 Å². The number of amides is 1. The molecule has 1 aliphatic heterocycles. The number of hydrogen-bond donors (Lipinski definition) is 1. The number of halogens is 4. The first kappa shape index (κ1) is 22.4. The molecule has 1 heterocycles. The lowest BCUT2D eigenvalue weighted by Gasteiger charge is -2.39. The predicted octanol–water partition coefficient (Wildman–Crippen LogP) is 3.79. The minimum Gasteiger partial charge on any atom is -0.357 e. The Bertz CT molecular complexity index is 850. The number of nitrogens with zero attached hydrogens (tertiary/aromatic N) is 2. The van der Waals surface area contributed by atoms with Crippen molar-refractivity contribution in [2.75, 3.05) is 31.6 Å². The Kier molecular flexibility index (Phi) is 7.63. The molecule has 1 atom stereocenters. The summed E-state index contributed by atoms with van der Waals surface area (Å²) >= 11 is 5.83. The van der Waals surface area contributed by atoms with Gasteiger partial charge in [-0.2, -0.15) is 0 Å². The van der Waals surface area contributed by atoms with Crippen molar-refractivity contribution in [2.24, 2.45) is 0 Å². The maximum absolute atomic E-state index is 13.5. The Morgan fingerprint density at radius 2 is 2.04 bits per heavy atom. The van der Waals surface area contributed by atoms with Crippen LogP contribution < -0.4 is 10.2 Å². The van der Waals surface area contributed by atoms with E-state index in [0.29, 0.717) is 19.6 Å². The maximum atomic E-state index is 13.5. The molecule has 1 amide bonds. The number of aryl methyl sites for hydroxylation is 1. The van der Waals surface area contributed by atoms with E-state index < -0.39 is 11.9 Å². The van der Waals surface area contributed by atoms with Gasteiger partial charge < -0.3 is 15.1 Å². The van der Waals surface area contributed by atoms with Gasteiger partial charge in [0, 0.05) is 38.9 Å². The van der Waals surface area contributed by atoms with Crippen molar-refractivity contribution in [3.8, 4) is 0 Å². The molecule has 0 radical (unpaired) electrons. The molecular weight excluding hydrogens is 407 g/mol. The Morgan fingerprint density at radius 3 is 2.71 bits per heavy atom. The number of nitrogens with one attached hydrogen (secondary N) is 1. The molecule has 0 aromatic heterocycles. The van der Waals surface area contributed by atoms with Gasteiger partial charge in [0.1, 0.15) is 17.7 Å². The van der Waals surface area contributed by atoms with E-state index in [9.17, 15) is 13.6 Å². The molecule has 0 aliphatic carbocycles. The second kappa shape index (κ2) is 9.54. The molecule has 1 unspecified atom stereocenters. The van der Waals surface area contributed by atoms with Crippen LogP contribution in [0.5, 0.6) is 0 Å². The van der Waals surface area contributed by atoms with Gasteiger partial charge in [0.15, 0.2) is 0 Å². The van der Waals surface area contributed by atoms with E-state index in [2.05, 4.69) is 5.32 Å². The summed E-state index contributed by atoms with van der Waals surface area (Å²) in [7, 11) is 1.71. The summed E-state index contributed by atoms with van der Waals surface area (Å²) in [5.74, 6) is -0.838. The zero-order valence-corrected chi connectivity index (χ0v) is 17.3. The second-order valence-electron chi connectivity index (χ2n) is 6.79. The quantitative estimate of drug-likeness (QED) is 0.802. The molecule has 1 saturated heterocycles. The van der Waals surface area contributed by atoms with Crippen molar-refractivity contribution in [2.45, 2.75) is 19.5 Å². The molecule has 2 aromatic rings. The van der Waals surface area contributed by atoms with E-state index >= 15 is 0 Å². The minimum absolute atomic E-state index is 0. The topological polar surface area (TPSA) is 35.6 Å². The minimum atomic E-state index is -0.483. The van der Waals surface area contributed by atoms with Crippen LogP contribution in [0.4, 0.5) is 14.5 Å². The van der Waals surface area contributed by atoms with E-state index in [4.69, 9.17) is 11.6 Å². The van der Waals surface area contributed by atoms with Gasteiger partial charge in [-0.25, -0.2) is 8.78 Å². The molecule has 1 fully saturated rings. The molecule has 3 rings (SSSR count). The molecule has 0 spiro atoms. The predicted molar refractivity (Wildman–Crippen MR) is 110 cm³/mol. The smallest absolute Gasteiger partial charge is 0.246 e. The zero-order valence-electron chi connectivity index (χ0n) is 15.7. The SMILES string of the molecule is Cc1cc(F)ccc1N1CCNCC1C(=O)N(C)Cc1ccc(F)c(Cl)c1.Cl. The van der Waals surface area contributed by atoms with E-state index in [-0.39, 0.29) is 29.2 Å². The maximum Gasteiger partial charge on any atom is 0.246 e. The van der Waals surface area contributed by atoms with Gasteiger partial charge in [-0.05, 0) is 48.4 Å². The lowest BCUT2D eigenvalue weighted by molar-refractivity contribution is -0.132. The summed E-state index contributed by atoms with van der Waals surface area (Å²) in [6.07, 6.45) is 0. The Labute approximate surface area is 174 Å². The highest BCUT2D eigenvalue weighted by molar-refractivity contribution is 6.30. The van der Waals surface area contributed by atoms with Crippen LogP contribution in [0, 0.1) is 18.6 Å². The van der Waals surface area contributed by atoms with Gasteiger partial charge in [-0.1, -0.05) is 17.7 Å². The monoisotopic (exact) mass is 429 g/mol. The summed E-state index contributed by atoms with van der Waals surface area (Å²) in [5.41, 5.74) is 2.41. The summed E-state index contributed by atoms with van der Waals surface area (Å²) in [5, 5.41) is 3.29. The Morgan fingerprint density at radius 1 is 1.29 bits per heavy atom. The average molecular weight is 430 g/mol. The van der Waals surface area contributed by atoms with E-state index in [1.165, 1.54) is 24.3 Å². The summed E-state index contributed by atoms with van der Waals surface area (Å²) in [6, 6.07) is 8.65. The summed E-state index contributed by atoms with van der Waals surface area (Å²) in [6.45, 7) is 4.07. The normalized spacial score (nSPS) is 16.5. The highest BCUT2D eigenvalue weighted by Gasteiger charge is 2.31. The van der Waals surface area contributed by atoms with Gasteiger partial charge in [-0.3, -0.25) is 4.79 Å². The molecule has 0 saturated carbocycles. The number of likely N-dealkylation sites (N-methyl/N-ethyl adjacent to an activating group) is 1. The average Bonchev–Trinajstić information content (AvgIpc) is 2.64. The molecule has 4 nitrogen and oxygen atoms in total. The van der Waals surface area contributed by atoms with Crippen molar-refractivity contribution < 1.29 is 13.6 Å². The van der Waals surface area contributed by atoms with Crippen LogP contribution >= 0.6 is 24.0 Å². The van der Waals surface area contributed by atoms with Crippen LogP contribution in [-0.2, 0) is 11.3 Å². The number of anilines is 1. The van der Waals surface area contributed by atoms with Crippen LogP contribution in [-0.4, -0.2) is 43.5 Å². The lowest BCUT2D eigenvalue weighted by Crippen LogP contribution is -2.58. The lowest BCUT2D eigenvalue weighted by atomic mass is 10.1. The van der Waals surface area contributed by atoms with Crippen molar-refractivity contribution in [1.82, 2.24) is 10.2 Å². The third-order valence-electron chi connectivity index (χ3n) is 4.78. The number of carbonyl (C=O) groups is 1. The Hall–Kier alpha value is -1.89. The summed E-state index contributed by atoms with van der Waals surface area (Å²) < 4.78 is 26.8. The first-order valence-corrected chi connectivity index (χ1v) is 9.17. The summed E-state index contributed by atoms with van der Waals surface area (Å²) in [4.78, 5) is 16.7. The largest absolute Gasteiger partial charge is 0.357 e. The van der Waals surface area contributed by atoms with Gasteiger partial charge in [-0.15, -0.1) is 12.4 Å². The number of carbonyl (C=O) groups excluding carboxylic acids is 1. The van der Waals surface area contributed by atoms with E-state index in [1.807, 2.05) is 11.8 Å².